The maximum absolute atomic E-state index is 7.36. The summed E-state index contributed by atoms with van der Waals surface area (Å²) < 4.78 is 12.4. The highest BCUT2D eigenvalue weighted by atomic mass is 16.3. The Hall–Kier alpha value is -10.2. The largest absolute Gasteiger partial charge is 0.454 e. The van der Waals surface area contributed by atoms with E-state index >= 15 is 0 Å². The van der Waals surface area contributed by atoms with Crippen LogP contribution in [0, 0.1) is 6.92 Å². The number of nitrogens with zero attached hydrogens (tertiary/aromatic N) is 5. The average Bonchev–Trinajstić information content (AvgIpc) is 3.94. The first-order chi connectivity index (χ1) is 38.2. The average molecular weight is 982 g/mol. The topological polar surface area (TPSA) is 61.7 Å². The minimum absolute atomic E-state index is 0.588. The molecule has 358 valence electrons. The van der Waals surface area contributed by atoms with Crippen LogP contribution in [0.15, 0.2) is 247 Å². The molecule has 1 spiro atoms. The summed E-state index contributed by atoms with van der Waals surface area (Å²) in [6.45, 7) is 2.20. The van der Waals surface area contributed by atoms with E-state index in [0.717, 1.165) is 72.1 Å². The molecule has 4 heterocycles. The SMILES string of the molecule is Cc1cc(-n2c3ccccc3c3c4c(c5c(c6ccccc6n5-c5ccccc5)c32)-c2ccccc2C42c3ccccc3-c3ccccc32)c2oc3ccccc3c2c1-c1nc(-c2ccccc2)nc(-c2ccccc2)n1. The van der Waals surface area contributed by atoms with Gasteiger partial charge < -0.3 is 13.6 Å². The second-order valence-corrected chi connectivity index (χ2v) is 20.6. The number of aryl methyl sites for hydroxylation is 1. The Morgan fingerprint density at radius 1 is 0.390 bits per heavy atom. The van der Waals surface area contributed by atoms with Crippen LogP contribution in [0.3, 0.4) is 0 Å². The van der Waals surface area contributed by atoms with Gasteiger partial charge in [0.25, 0.3) is 0 Å². The second-order valence-electron chi connectivity index (χ2n) is 20.6. The molecule has 6 heteroatoms. The minimum atomic E-state index is -0.654. The number of para-hydroxylation sites is 4. The highest BCUT2D eigenvalue weighted by molar-refractivity contribution is 6.33. The maximum atomic E-state index is 7.36. The van der Waals surface area contributed by atoms with Gasteiger partial charge >= 0.3 is 0 Å². The zero-order chi connectivity index (χ0) is 50.5. The Bertz CT molecular complexity index is 4890. The molecule has 0 radical (unpaired) electrons. The van der Waals surface area contributed by atoms with E-state index in [0.29, 0.717) is 17.5 Å². The van der Waals surface area contributed by atoms with Crippen LogP contribution >= 0.6 is 0 Å². The molecule has 0 fully saturated rings. The third-order valence-corrected chi connectivity index (χ3v) is 16.7. The molecule has 0 aliphatic heterocycles. The van der Waals surface area contributed by atoms with Crippen molar-refractivity contribution in [1.82, 2.24) is 24.1 Å². The van der Waals surface area contributed by atoms with Crippen LogP contribution in [0.1, 0.15) is 27.8 Å². The third-order valence-electron chi connectivity index (χ3n) is 16.7. The van der Waals surface area contributed by atoms with Gasteiger partial charge in [0.1, 0.15) is 5.58 Å². The molecule has 0 saturated carbocycles. The van der Waals surface area contributed by atoms with Crippen molar-refractivity contribution in [1.29, 1.82) is 0 Å². The van der Waals surface area contributed by atoms with Gasteiger partial charge in [-0.3, -0.25) is 0 Å². The highest BCUT2D eigenvalue weighted by Gasteiger charge is 2.54. The number of fused-ring (bicyclic) bond motifs is 22. The van der Waals surface area contributed by atoms with Crippen LogP contribution in [0.5, 0.6) is 0 Å². The molecule has 4 aromatic heterocycles. The Labute approximate surface area is 442 Å². The third kappa shape index (κ3) is 5.55. The van der Waals surface area contributed by atoms with E-state index in [1.807, 2.05) is 36.4 Å². The van der Waals surface area contributed by atoms with Crippen molar-refractivity contribution in [2.24, 2.45) is 0 Å². The molecule has 2 aliphatic carbocycles. The molecular formula is C71H43N5O. The Kier molecular flexibility index (Phi) is 8.60. The molecule has 0 unspecified atom stereocenters. The van der Waals surface area contributed by atoms with E-state index < -0.39 is 5.41 Å². The number of hydrogen-bond donors (Lipinski definition) is 0. The summed E-state index contributed by atoms with van der Waals surface area (Å²) in [6, 6.07) is 87.6. The second kappa shape index (κ2) is 15.7. The Morgan fingerprint density at radius 2 is 0.870 bits per heavy atom. The molecule has 6 nitrogen and oxygen atoms in total. The summed E-state index contributed by atoms with van der Waals surface area (Å²) in [5.41, 5.74) is 21.5. The van der Waals surface area contributed by atoms with Crippen LogP contribution in [0.4, 0.5) is 0 Å². The summed E-state index contributed by atoms with van der Waals surface area (Å²) in [7, 11) is 0. The van der Waals surface area contributed by atoms with Crippen molar-refractivity contribution in [2.45, 2.75) is 12.3 Å². The van der Waals surface area contributed by atoms with Gasteiger partial charge in [0.15, 0.2) is 23.1 Å². The van der Waals surface area contributed by atoms with E-state index in [1.54, 1.807) is 0 Å². The van der Waals surface area contributed by atoms with Gasteiger partial charge in [-0.25, -0.2) is 15.0 Å². The molecule has 0 amide bonds. The van der Waals surface area contributed by atoms with Gasteiger partial charge in [-0.2, -0.15) is 0 Å². The lowest BCUT2D eigenvalue weighted by atomic mass is 9.69. The normalized spacial score (nSPS) is 13.1. The fourth-order valence-corrected chi connectivity index (χ4v) is 13.8. The number of benzene rings is 11. The van der Waals surface area contributed by atoms with Gasteiger partial charge in [0.2, 0.25) is 0 Å². The summed E-state index contributed by atoms with van der Waals surface area (Å²) in [5, 5.41) is 6.71. The van der Waals surface area contributed by atoms with Crippen LogP contribution < -0.4 is 0 Å². The van der Waals surface area contributed by atoms with E-state index in [4.69, 9.17) is 19.4 Å². The summed E-state index contributed by atoms with van der Waals surface area (Å²) >= 11 is 0. The van der Waals surface area contributed by atoms with Crippen LogP contribution in [0.25, 0.3) is 133 Å². The monoisotopic (exact) mass is 981 g/mol. The molecule has 11 aromatic carbocycles. The summed E-state index contributed by atoms with van der Waals surface area (Å²) in [6.07, 6.45) is 0. The molecule has 15 aromatic rings. The van der Waals surface area contributed by atoms with Crippen molar-refractivity contribution in [2.75, 3.05) is 0 Å². The molecule has 0 saturated heterocycles. The lowest BCUT2D eigenvalue weighted by molar-refractivity contribution is 0.666. The first-order valence-electron chi connectivity index (χ1n) is 26.4. The van der Waals surface area contributed by atoms with E-state index in [-0.39, 0.29) is 0 Å². The first kappa shape index (κ1) is 42.2. The Morgan fingerprint density at radius 3 is 1.51 bits per heavy atom. The van der Waals surface area contributed by atoms with Gasteiger partial charge in [-0.05, 0) is 87.8 Å². The van der Waals surface area contributed by atoms with E-state index in [1.165, 1.54) is 71.6 Å². The fraction of sp³-hybridized carbons (Fsp3) is 0.0282. The smallest absolute Gasteiger partial charge is 0.165 e. The van der Waals surface area contributed by atoms with Crippen molar-refractivity contribution >= 4 is 65.6 Å². The standard InChI is InChI=1S/C71H43N5O/c1-42-41-57(67-60(51-34-16-22-40-58(51)77-67)59(42)70-73-68(43-23-5-2-6-24-43)72-69(74-70)44-25-7-3-8-26-44)76-56-39-21-14-32-49(56)62-64-61(65-63(66(62)76)50-33-15-20-38-55(50)75(65)45-27-9-4-10-28-45)48-31-13-19-37-54(48)71(64)52-35-17-11-29-46(52)47-30-12-18-36-53(47)71/h2-41H,1H3. The van der Waals surface area contributed by atoms with Gasteiger partial charge in [0, 0.05) is 60.3 Å². The zero-order valence-electron chi connectivity index (χ0n) is 41.7. The fourth-order valence-electron chi connectivity index (χ4n) is 13.8. The predicted octanol–water partition coefficient (Wildman–Crippen LogP) is 17.6. The lowest BCUT2D eigenvalue weighted by Gasteiger charge is -2.31. The molecule has 77 heavy (non-hydrogen) atoms. The maximum Gasteiger partial charge on any atom is 0.165 e. The lowest BCUT2D eigenvalue weighted by Crippen LogP contribution is -2.26. The molecule has 17 rings (SSSR count). The molecule has 0 N–H and O–H groups in total. The van der Waals surface area contributed by atoms with Crippen molar-refractivity contribution in [3.05, 3.63) is 270 Å². The quantitative estimate of drug-likeness (QED) is 0.172. The van der Waals surface area contributed by atoms with E-state index in [9.17, 15) is 0 Å². The minimum Gasteiger partial charge on any atom is -0.454 e. The summed E-state index contributed by atoms with van der Waals surface area (Å²) in [5.74, 6) is 1.81. The Balaban J connectivity index is 1.09. The van der Waals surface area contributed by atoms with Crippen LogP contribution in [-0.2, 0) is 5.41 Å². The number of hydrogen-bond acceptors (Lipinski definition) is 4. The molecule has 2 aliphatic rings. The van der Waals surface area contributed by atoms with Gasteiger partial charge in [-0.1, -0.05) is 206 Å². The summed E-state index contributed by atoms with van der Waals surface area (Å²) in [4.78, 5) is 15.8. The first-order valence-corrected chi connectivity index (χ1v) is 26.4. The predicted molar refractivity (Wildman–Crippen MR) is 313 cm³/mol. The van der Waals surface area contributed by atoms with Gasteiger partial charge in [0.05, 0.1) is 33.2 Å². The molecule has 0 bridgehead atoms. The van der Waals surface area contributed by atoms with Crippen molar-refractivity contribution in [3.63, 3.8) is 0 Å². The molecule has 0 atom stereocenters. The van der Waals surface area contributed by atoms with Gasteiger partial charge in [-0.15, -0.1) is 0 Å². The number of furan rings is 1. The number of rotatable bonds is 5. The zero-order valence-corrected chi connectivity index (χ0v) is 41.7. The van der Waals surface area contributed by atoms with Crippen molar-refractivity contribution < 1.29 is 4.42 Å². The van der Waals surface area contributed by atoms with E-state index in [2.05, 4.69) is 222 Å². The van der Waals surface area contributed by atoms with Crippen LogP contribution in [0.2, 0.25) is 0 Å². The number of aromatic nitrogens is 5. The molecular weight excluding hydrogens is 939 g/mol. The van der Waals surface area contributed by atoms with Crippen molar-refractivity contribution in [3.8, 4) is 67.8 Å². The van der Waals surface area contributed by atoms with Crippen LogP contribution in [-0.4, -0.2) is 24.1 Å². The highest BCUT2D eigenvalue weighted by Crippen LogP contribution is 2.67.